The highest BCUT2D eigenvalue weighted by molar-refractivity contribution is 6.33. The highest BCUT2D eigenvalue weighted by Gasteiger charge is 2.32. The predicted molar refractivity (Wildman–Crippen MR) is 101 cm³/mol. The summed E-state index contributed by atoms with van der Waals surface area (Å²) in [5.74, 6) is 0.904. The Hall–Kier alpha value is -3.24. The molecule has 3 aromatic rings. The first-order valence-electron chi connectivity index (χ1n) is 8.36. The predicted octanol–water partition coefficient (Wildman–Crippen LogP) is 3.27. The number of likely N-dealkylation sites (tertiary alicyclic amines) is 1. The molecule has 0 unspecified atom stereocenters. The lowest BCUT2D eigenvalue weighted by Crippen LogP contribution is -2.49. The number of nitriles is 1. The van der Waals surface area contributed by atoms with Gasteiger partial charge in [-0.1, -0.05) is 11.6 Å². The second-order valence-corrected chi connectivity index (χ2v) is 6.89. The maximum absolute atomic E-state index is 12.7. The van der Waals surface area contributed by atoms with Crippen LogP contribution in [-0.4, -0.2) is 33.5 Å². The monoisotopic (exact) mass is 381 g/mol. The standard InChI is InChI=1S/C19H16ClN5O2/c1-11-14(19(26)24-8-12(7-21)9-24)10-25-18(11)17(4-5-23-25)27-13-2-3-16(22)15(20)6-13/h2-6,10,12H,8-9,22H2,1H3. The Bertz CT molecular complexity index is 1100. The van der Waals surface area contributed by atoms with Crippen molar-refractivity contribution < 1.29 is 9.53 Å². The Morgan fingerprint density at radius 1 is 1.41 bits per heavy atom. The van der Waals surface area contributed by atoms with E-state index < -0.39 is 0 Å². The molecular formula is C19H16ClN5O2. The van der Waals surface area contributed by atoms with Crippen LogP contribution in [0.25, 0.3) is 5.52 Å². The number of hydrogen-bond acceptors (Lipinski definition) is 5. The molecule has 0 atom stereocenters. The Labute approximate surface area is 160 Å². The van der Waals surface area contributed by atoms with Gasteiger partial charge in [0.1, 0.15) is 11.3 Å². The number of carbonyl (C=O) groups is 1. The molecule has 0 aliphatic carbocycles. The summed E-state index contributed by atoms with van der Waals surface area (Å²) in [5, 5.41) is 13.6. The highest BCUT2D eigenvalue weighted by Crippen LogP contribution is 2.33. The van der Waals surface area contributed by atoms with Crippen LogP contribution in [0, 0.1) is 24.2 Å². The molecule has 0 spiro atoms. The zero-order chi connectivity index (χ0) is 19.1. The number of carbonyl (C=O) groups excluding carboxylic acids is 1. The number of nitrogens with zero attached hydrogens (tertiary/aromatic N) is 4. The first kappa shape index (κ1) is 17.2. The molecule has 1 saturated heterocycles. The van der Waals surface area contributed by atoms with Gasteiger partial charge in [0.25, 0.3) is 5.91 Å². The molecule has 136 valence electrons. The molecule has 1 aromatic carbocycles. The zero-order valence-electron chi connectivity index (χ0n) is 14.5. The lowest BCUT2D eigenvalue weighted by molar-refractivity contribution is 0.0576. The molecule has 7 nitrogen and oxygen atoms in total. The molecule has 2 aromatic heterocycles. The van der Waals surface area contributed by atoms with Crippen molar-refractivity contribution in [3.8, 4) is 17.6 Å². The fraction of sp³-hybridized carbons (Fsp3) is 0.211. The summed E-state index contributed by atoms with van der Waals surface area (Å²) in [5.41, 5.74) is 8.22. The van der Waals surface area contributed by atoms with Gasteiger partial charge in [-0.15, -0.1) is 0 Å². The van der Waals surface area contributed by atoms with Crippen LogP contribution in [0.5, 0.6) is 11.5 Å². The molecule has 3 heterocycles. The largest absolute Gasteiger partial charge is 0.455 e. The van der Waals surface area contributed by atoms with Crippen molar-refractivity contribution in [2.24, 2.45) is 5.92 Å². The van der Waals surface area contributed by atoms with Gasteiger partial charge < -0.3 is 15.4 Å². The molecule has 1 fully saturated rings. The van der Waals surface area contributed by atoms with Crippen LogP contribution >= 0.6 is 11.6 Å². The third kappa shape index (κ3) is 2.94. The fourth-order valence-electron chi connectivity index (χ4n) is 3.12. The number of nitrogens with two attached hydrogens (primary N) is 1. The number of nitrogen functional groups attached to an aromatic ring is 1. The van der Waals surface area contributed by atoms with Gasteiger partial charge in [-0.2, -0.15) is 10.4 Å². The first-order valence-corrected chi connectivity index (χ1v) is 8.74. The van der Waals surface area contributed by atoms with Crippen LogP contribution in [0.2, 0.25) is 5.02 Å². The van der Waals surface area contributed by atoms with Crippen molar-refractivity contribution >= 4 is 28.7 Å². The van der Waals surface area contributed by atoms with Gasteiger partial charge in [-0.3, -0.25) is 4.79 Å². The van der Waals surface area contributed by atoms with Crippen LogP contribution in [0.3, 0.4) is 0 Å². The molecule has 8 heteroatoms. The summed E-state index contributed by atoms with van der Waals surface area (Å²) in [6, 6.07) is 8.94. The Kier molecular flexibility index (Phi) is 4.13. The lowest BCUT2D eigenvalue weighted by Gasteiger charge is -2.35. The number of aromatic nitrogens is 2. The van der Waals surface area contributed by atoms with Gasteiger partial charge >= 0.3 is 0 Å². The van der Waals surface area contributed by atoms with E-state index >= 15 is 0 Å². The Morgan fingerprint density at radius 2 is 2.19 bits per heavy atom. The summed E-state index contributed by atoms with van der Waals surface area (Å²) in [4.78, 5) is 14.4. The second-order valence-electron chi connectivity index (χ2n) is 6.48. The van der Waals surface area contributed by atoms with E-state index in [9.17, 15) is 4.79 Å². The molecular weight excluding hydrogens is 366 g/mol. The molecule has 0 saturated carbocycles. The molecule has 0 radical (unpaired) electrons. The normalized spacial score (nSPS) is 14.0. The minimum absolute atomic E-state index is 0.0847. The van der Waals surface area contributed by atoms with Crippen LogP contribution < -0.4 is 10.5 Å². The van der Waals surface area contributed by atoms with Crippen molar-refractivity contribution in [1.82, 2.24) is 14.5 Å². The van der Waals surface area contributed by atoms with E-state index in [-0.39, 0.29) is 11.8 Å². The molecule has 1 amide bonds. The molecule has 27 heavy (non-hydrogen) atoms. The van der Waals surface area contributed by atoms with Crippen LogP contribution in [0.4, 0.5) is 5.69 Å². The quantitative estimate of drug-likeness (QED) is 0.702. The van der Waals surface area contributed by atoms with E-state index in [1.165, 1.54) is 0 Å². The summed E-state index contributed by atoms with van der Waals surface area (Å²) in [6.45, 7) is 2.78. The number of anilines is 1. The van der Waals surface area contributed by atoms with Crippen LogP contribution in [-0.2, 0) is 0 Å². The minimum atomic E-state index is -0.106. The average Bonchev–Trinajstić information content (AvgIpc) is 2.95. The maximum Gasteiger partial charge on any atom is 0.255 e. The van der Waals surface area contributed by atoms with E-state index in [1.807, 2.05) is 6.92 Å². The van der Waals surface area contributed by atoms with E-state index in [0.29, 0.717) is 46.4 Å². The summed E-state index contributed by atoms with van der Waals surface area (Å²) in [6.07, 6.45) is 3.29. The number of benzene rings is 1. The summed E-state index contributed by atoms with van der Waals surface area (Å²) >= 11 is 6.06. The SMILES string of the molecule is Cc1c(C(=O)N2CC(C#N)C2)cn2nccc(Oc3ccc(N)c(Cl)c3)c12. The van der Waals surface area contributed by atoms with Crippen molar-refractivity contribution in [3.05, 3.63) is 52.8 Å². The Morgan fingerprint density at radius 3 is 2.89 bits per heavy atom. The van der Waals surface area contributed by atoms with Crippen LogP contribution in [0.15, 0.2) is 36.7 Å². The van der Waals surface area contributed by atoms with E-state index in [2.05, 4.69) is 11.2 Å². The topological polar surface area (TPSA) is 96.7 Å². The van der Waals surface area contributed by atoms with Gasteiger partial charge in [0, 0.05) is 31.4 Å². The molecule has 4 rings (SSSR count). The number of halogens is 1. The van der Waals surface area contributed by atoms with Crippen molar-refractivity contribution in [2.45, 2.75) is 6.92 Å². The number of ether oxygens (including phenoxy) is 1. The average molecular weight is 382 g/mol. The van der Waals surface area contributed by atoms with Crippen molar-refractivity contribution in [3.63, 3.8) is 0 Å². The smallest absolute Gasteiger partial charge is 0.255 e. The highest BCUT2D eigenvalue weighted by atomic mass is 35.5. The van der Waals surface area contributed by atoms with Gasteiger partial charge in [0.2, 0.25) is 0 Å². The molecule has 2 N–H and O–H groups in total. The zero-order valence-corrected chi connectivity index (χ0v) is 15.3. The second kappa shape index (κ2) is 6.49. The van der Waals surface area contributed by atoms with Gasteiger partial charge in [-0.05, 0) is 24.6 Å². The van der Waals surface area contributed by atoms with Gasteiger partial charge in [-0.25, -0.2) is 4.52 Å². The fourth-order valence-corrected chi connectivity index (χ4v) is 3.29. The minimum Gasteiger partial charge on any atom is -0.455 e. The van der Waals surface area contributed by atoms with Crippen molar-refractivity contribution in [2.75, 3.05) is 18.8 Å². The molecule has 1 aliphatic heterocycles. The van der Waals surface area contributed by atoms with Gasteiger partial charge in [0.05, 0.1) is 34.5 Å². The van der Waals surface area contributed by atoms with Gasteiger partial charge in [0.15, 0.2) is 5.75 Å². The number of fused-ring (bicyclic) bond motifs is 1. The maximum atomic E-state index is 12.7. The number of amides is 1. The third-order valence-corrected chi connectivity index (χ3v) is 5.00. The number of rotatable bonds is 3. The Balaban J connectivity index is 1.69. The summed E-state index contributed by atoms with van der Waals surface area (Å²) in [7, 11) is 0. The first-order chi connectivity index (χ1) is 13.0. The van der Waals surface area contributed by atoms with Crippen LogP contribution in [0.1, 0.15) is 15.9 Å². The van der Waals surface area contributed by atoms with E-state index in [1.54, 1.807) is 46.1 Å². The number of aryl methyl sites for hydroxylation is 1. The van der Waals surface area contributed by atoms with E-state index in [4.69, 9.17) is 27.3 Å². The number of hydrogen-bond donors (Lipinski definition) is 1. The molecule has 1 aliphatic rings. The third-order valence-electron chi connectivity index (χ3n) is 4.67. The lowest BCUT2D eigenvalue weighted by atomic mass is 10.0. The van der Waals surface area contributed by atoms with E-state index in [0.717, 1.165) is 5.56 Å². The summed E-state index contributed by atoms with van der Waals surface area (Å²) < 4.78 is 7.59. The van der Waals surface area contributed by atoms with Crippen molar-refractivity contribution in [1.29, 1.82) is 5.26 Å². The molecule has 0 bridgehead atoms.